The highest BCUT2D eigenvalue weighted by molar-refractivity contribution is 5.06. The fourth-order valence-corrected chi connectivity index (χ4v) is 1.96. The van der Waals surface area contributed by atoms with E-state index in [-0.39, 0.29) is 0 Å². The number of aromatic nitrogens is 1. The Balaban J connectivity index is 1.55. The number of rotatable bonds is 9. The summed E-state index contributed by atoms with van der Waals surface area (Å²) in [6.07, 6.45) is 6.09. The van der Waals surface area contributed by atoms with E-state index >= 15 is 0 Å². The van der Waals surface area contributed by atoms with E-state index in [9.17, 15) is 0 Å². The number of aryl methyl sites for hydroxylation is 1. The third-order valence-electron chi connectivity index (χ3n) is 3.17. The summed E-state index contributed by atoms with van der Waals surface area (Å²) in [6.45, 7) is 7.02. The van der Waals surface area contributed by atoms with Crippen molar-refractivity contribution in [3.05, 3.63) is 24.0 Å². The molecule has 1 fully saturated rings. The van der Waals surface area contributed by atoms with Crippen LogP contribution in [0.4, 0.5) is 0 Å². The smallest absolute Gasteiger partial charge is 0.0591 e. The number of ether oxygens (including phenoxy) is 1. The summed E-state index contributed by atoms with van der Waals surface area (Å²) < 4.78 is 7.90. The summed E-state index contributed by atoms with van der Waals surface area (Å²) in [6, 6.07) is 4.31. The van der Waals surface area contributed by atoms with Crippen molar-refractivity contribution in [2.75, 3.05) is 19.8 Å². The second-order valence-corrected chi connectivity index (χ2v) is 4.89. The first-order valence-corrected chi connectivity index (χ1v) is 6.82. The molecule has 3 nitrogen and oxygen atoms in total. The van der Waals surface area contributed by atoms with Gasteiger partial charge in [-0.15, -0.1) is 0 Å². The summed E-state index contributed by atoms with van der Waals surface area (Å²) in [7, 11) is 0. The molecule has 1 aromatic heterocycles. The maximum Gasteiger partial charge on any atom is 0.0591 e. The lowest BCUT2D eigenvalue weighted by atomic mass is 10.4. The van der Waals surface area contributed by atoms with E-state index in [4.69, 9.17) is 4.74 Å². The van der Waals surface area contributed by atoms with Crippen molar-refractivity contribution in [2.45, 2.75) is 39.3 Å². The molecule has 1 aliphatic rings. The maximum absolute atomic E-state index is 5.59. The van der Waals surface area contributed by atoms with Crippen LogP contribution in [-0.4, -0.2) is 24.3 Å². The molecule has 2 rings (SSSR count). The highest BCUT2D eigenvalue weighted by Crippen LogP contribution is 2.28. The number of hydrogen-bond donors (Lipinski definition) is 1. The average Bonchev–Trinajstić information content (AvgIpc) is 3.05. The molecule has 0 atom stereocenters. The summed E-state index contributed by atoms with van der Waals surface area (Å²) >= 11 is 0. The summed E-state index contributed by atoms with van der Waals surface area (Å²) in [5.41, 5.74) is 1.37. The Morgan fingerprint density at radius 2 is 2.35 bits per heavy atom. The van der Waals surface area contributed by atoms with E-state index in [0.29, 0.717) is 0 Å². The molecule has 3 heteroatoms. The van der Waals surface area contributed by atoms with Gasteiger partial charge in [-0.05, 0) is 37.3 Å². The van der Waals surface area contributed by atoms with Crippen LogP contribution < -0.4 is 5.32 Å². The second kappa shape index (κ2) is 6.82. The van der Waals surface area contributed by atoms with E-state index in [1.54, 1.807) is 0 Å². The van der Waals surface area contributed by atoms with Crippen molar-refractivity contribution in [3.8, 4) is 0 Å². The van der Waals surface area contributed by atoms with Crippen LogP contribution in [0.25, 0.3) is 0 Å². The Morgan fingerprint density at radius 3 is 3.12 bits per heavy atom. The van der Waals surface area contributed by atoms with Gasteiger partial charge in [-0.3, -0.25) is 0 Å². The van der Waals surface area contributed by atoms with Crippen LogP contribution in [-0.2, 0) is 17.8 Å². The number of nitrogens with one attached hydrogen (secondary N) is 1. The van der Waals surface area contributed by atoms with Crippen LogP contribution in [0.1, 0.15) is 31.9 Å². The van der Waals surface area contributed by atoms with Gasteiger partial charge in [0.1, 0.15) is 0 Å². The van der Waals surface area contributed by atoms with Gasteiger partial charge in [-0.25, -0.2) is 0 Å². The molecule has 1 aromatic rings. The van der Waals surface area contributed by atoms with Crippen LogP contribution in [0, 0.1) is 5.92 Å². The lowest BCUT2D eigenvalue weighted by Gasteiger charge is -2.09. The zero-order valence-corrected chi connectivity index (χ0v) is 10.8. The molecule has 1 saturated carbocycles. The minimum atomic E-state index is 0.838. The van der Waals surface area contributed by atoms with Gasteiger partial charge >= 0.3 is 0 Å². The van der Waals surface area contributed by atoms with Crippen LogP contribution in [0.15, 0.2) is 18.3 Å². The van der Waals surface area contributed by atoms with Crippen LogP contribution in [0.3, 0.4) is 0 Å². The SMILES string of the molecule is CCCn1cccc1CNCCOCC1CC1. The van der Waals surface area contributed by atoms with Crippen molar-refractivity contribution < 1.29 is 4.74 Å². The Labute approximate surface area is 104 Å². The van der Waals surface area contributed by atoms with Crippen molar-refractivity contribution in [1.82, 2.24) is 9.88 Å². The van der Waals surface area contributed by atoms with Crippen molar-refractivity contribution in [1.29, 1.82) is 0 Å². The fraction of sp³-hybridized carbons (Fsp3) is 0.714. The molecule has 0 unspecified atom stereocenters. The third kappa shape index (κ3) is 4.52. The predicted octanol–water partition coefficient (Wildman–Crippen LogP) is 2.41. The monoisotopic (exact) mass is 236 g/mol. The second-order valence-electron chi connectivity index (χ2n) is 4.89. The van der Waals surface area contributed by atoms with Gasteiger partial charge in [0.15, 0.2) is 0 Å². The molecule has 1 heterocycles. The predicted molar refractivity (Wildman–Crippen MR) is 70.0 cm³/mol. The highest BCUT2D eigenvalue weighted by Gasteiger charge is 2.20. The molecule has 96 valence electrons. The highest BCUT2D eigenvalue weighted by atomic mass is 16.5. The molecule has 0 spiro atoms. The summed E-state index contributed by atoms with van der Waals surface area (Å²) in [5, 5.41) is 3.43. The molecule has 1 aliphatic carbocycles. The Kier molecular flexibility index (Phi) is 5.08. The minimum absolute atomic E-state index is 0.838. The van der Waals surface area contributed by atoms with Crippen LogP contribution in [0.2, 0.25) is 0 Å². The van der Waals surface area contributed by atoms with Crippen LogP contribution >= 0.6 is 0 Å². The molecule has 0 aliphatic heterocycles. The van der Waals surface area contributed by atoms with Gasteiger partial charge in [0.05, 0.1) is 6.61 Å². The van der Waals surface area contributed by atoms with Gasteiger partial charge in [-0.1, -0.05) is 6.92 Å². The largest absolute Gasteiger partial charge is 0.380 e. The molecule has 0 bridgehead atoms. The lowest BCUT2D eigenvalue weighted by molar-refractivity contribution is 0.126. The van der Waals surface area contributed by atoms with Crippen molar-refractivity contribution >= 4 is 0 Å². The first-order valence-electron chi connectivity index (χ1n) is 6.82. The topological polar surface area (TPSA) is 26.2 Å². The van der Waals surface area contributed by atoms with E-state index in [1.165, 1.54) is 25.0 Å². The molecule has 0 saturated heterocycles. The number of hydrogen-bond acceptors (Lipinski definition) is 2. The Bertz CT molecular complexity index is 318. The molecule has 0 amide bonds. The van der Waals surface area contributed by atoms with E-state index < -0.39 is 0 Å². The van der Waals surface area contributed by atoms with Crippen LogP contribution in [0.5, 0.6) is 0 Å². The van der Waals surface area contributed by atoms with E-state index in [1.807, 2.05) is 0 Å². The van der Waals surface area contributed by atoms with Gasteiger partial charge in [0.2, 0.25) is 0 Å². The Hall–Kier alpha value is -0.800. The van der Waals surface area contributed by atoms with Gasteiger partial charge in [0, 0.05) is 38.1 Å². The first kappa shape index (κ1) is 12.7. The van der Waals surface area contributed by atoms with Gasteiger partial charge in [-0.2, -0.15) is 0 Å². The maximum atomic E-state index is 5.59. The molecule has 1 N–H and O–H groups in total. The standard InChI is InChI=1S/C14H24N2O/c1-2-8-16-9-3-4-14(16)11-15-7-10-17-12-13-5-6-13/h3-4,9,13,15H,2,5-8,10-12H2,1H3. The lowest BCUT2D eigenvalue weighted by Crippen LogP contribution is -2.21. The summed E-state index contributed by atoms with van der Waals surface area (Å²) in [5.74, 6) is 0.872. The Morgan fingerprint density at radius 1 is 1.47 bits per heavy atom. The molecular formula is C14H24N2O. The van der Waals surface area contributed by atoms with E-state index in [2.05, 4.69) is 35.1 Å². The molecular weight excluding hydrogens is 212 g/mol. The zero-order valence-electron chi connectivity index (χ0n) is 10.8. The number of nitrogens with zero attached hydrogens (tertiary/aromatic N) is 1. The van der Waals surface area contributed by atoms with Crippen molar-refractivity contribution in [2.24, 2.45) is 5.92 Å². The van der Waals surface area contributed by atoms with Gasteiger partial charge in [0.25, 0.3) is 0 Å². The van der Waals surface area contributed by atoms with Gasteiger partial charge < -0.3 is 14.6 Å². The van der Waals surface area contributed by atoms with E-state index in [0.717, 1.165) is 38.8 Å². The fourth-order valence-electron chi connectivity index (χ4n) is 1.96. The molecule has 17 heavy (non-hydrogen) atoms. The first-order chi connectivity index (χ1) is 8.40. The molecule has 0 aromatic carbocycles. The summed E-state index contributed by atoms with van der Waals surface area (Å²) in [4.78, 5) is 0. The minimum Gasteiger partial charge on any atom is -0.380 e. The zero-order chi connectivity index (χ0) is 11.9. The normalized spacial score (nSPS) is 15.4. The quantitative estimate of drug-likeness (QED) is 0.666. The third-order valence-corrected chi connectivity index (χ3v) is 3.17. The average molecular weight is 236 g/mol. The van der Waals surface area contributed by atoms with Crippen molar-refractivity contribution in [3.63, 3.8) is 0 Å². The molecule has 0 radical (unpaired) electrons.